The van der Waals surface area contributed by atoms with Crippen LogP contribution in [-0.4, -0.2) is 49.4 Å². The lowest BCUT2D eigenvalue weighted by molar-refractivity contribution is -0.142. The molecule has 2 unspecified atom stereocenters. The van der Waals surface area contributed by atoms with Gasteiger partial charge in [-0.3, -0.25) is 24.6 Å². The molecule has 3 aliphatic heterocycles. The molecule has 172 valence electrons. The van der Waals surface area contributed by atoms with E-state index in [-0.39, 0.29) is 12.5 Å². The van der Waals surface area contributed by atoms with Crippen molar-refractivity contribution in [2.24, 2.45) is 11.8 Å². The molecule has 0 aromatic heterocycles. The van der Waals surface area contributed by atoms with Gasteiger partial charge in [-0.2, -0.15) is 0 Å². The number of ether oxygens (including phenoxy) is 2. The minimum absolute atomic E-state index is 0.167. The Hall–Kier alpha value is -3.46. The zero-order chi connectivity index (χ0) is 23.5. The summed E-state index contributed by atoms with van der Waals surface area (Å²) in [6, 6.07) is 8.99. The average molecular weight is 453 g/mol. The van der Waals surface area contributed by atoms with E-state index in [1.807, 2.05) is 6.07 Å². The van der Waals surface area contributed by atoms with E-state index in [4.69, 9.17) is 9.47 Å². The van der Waals surface area contributed by atoms with Crippen LogP contribution < -0.4 is 20.1 Å². The molecule has 0 radical (unpaired) electrons. The lowest BCUT2D eigenvalue weighted by Crippen LogP contribution is -2.53. The summed E-state index contributed by atoms with van der Waals surface area (Å²) < 4.78 is 24.7. The highest BCUT2D eigenvalue weighted by atomic mass is 19.1. The zero-order valence-corrected chi connectivity index (χ0v) is 18.5. The molecule has 8 nitrogen and oxygen atoms in total. The van der Waals surface area contributed by atoms with E-state index in [9.17, 15) is 18.8 Å². The number of fused-ring (bicyclic) bond motifs is 4. The summed E-state index contributed by atoms with van der Waals surface area (Å²) in [6.07, 6.45) is 0.420. The molecule has 3 aliphatic rings. The highest BCUT2D eigenvalue weighted by molar-refractivity contribution is 6.15. The summed E-state index contributed by atoms with van der Waals surface area (Å²) in [7, 11) is 3.09. The van der Waals surface area contributed by atoms with E-state index in [0.29, 0.717) is 29.2 Å². The largest absolute Gasteiger partial charge is 0.493 e. The van der Waals surface area contributed by atoms with E-state index in [2.05, 4.69) is 10.6 Å². The van der Waals surface area contributed by atoms with Crippen LogP contribution in [0.2, 0.25) is 0 Å². The maximum absolute atomic E-state index is 14.1. The van der Waals surface area contributed by atoms with Crippen molar-refractivity contribution in [3.8, 4) is 11.5 Å². The van der Waals surface area contributed by atoms with Crippen molar-refractivity contribution >= 4 is 23.4 Å². The smallest absolute Gasteiger partial charge is 0.250 e. The Labute approximate surface area is 190 Å². The van der Waals surface area contributed by atoms with Crippen molar-refractivity contribution in [2.75, 3.05) is 26.1 Å². The van der Waals surface area contributed by atoms with Gasteiger partial charge in [0.15, 0.2) is 11.5 Å². The highest BCUT2D eigenvalue weighted by Crippen LogP contribution is 2.52. The van der Waals surface area contributed by atoms with Gasteiger partial charge in [0.05, 0.1) is 26.1 Å². The van der Waals surface area contributed by atoms with Gasteiger partial charge >= 0.3 is 0 Å². The van der Waals surface area contributed by atoms with Crippen molar-refractivity contribution in [3.63, 3.8) is 0 Å². The van der Waals surface area contributed by atoms with Gasteiger partial charge in [0.25, 0.3) is 0 Å². The second-order valence-electron chi connectivity index (χ2n) is 8.66. The Balaban J connectivity index is 1.45. The maximum atomic E-state index is 14.1. The van der Waals surface area contributed by atoms with Crippen molar-refractivity contribution in [1.29, 1.82) is 0 Å². The minimum atomic E-state index is -1.47. The first-order chi connectivity index (χ1) is 15.8. The zero-order valence-electron chi connectivity index (χ0n) is 18.5. The SMILES string of the molecule is COc1ccc(CCN2C(=O)[C@@H]3C(C)NC4(C(=O)Nc5ccc(F)cc54)[C@@H]3C2=O)cc1OC. The molecule has 2 saturated heterocycles. The van der Waals surface area contributed by atoms with Crippen molar-refractivity contribution in [2.45, 2.75) is 24.9 Å². The summed E-state index contributed by atoms with van der Waals surface area (Å²) >= 11 is 0. The molecule has 2 aromatic rings. The molecule has 0 aliphatic carbocycles. The maximum Gasteiger partial charge on any atom is 0.250 e. The highest BCUT2D eigenvalue weighted by Gasteiger charge is 2.69. The Morgan fingerprint density at radius 2 is 1.79 bits per heavy atom. The molecule has 3 heterocycles. The number of nitrogens with one attached hydrogen (secondary N) is 2. The quantitative estimate of drug-likeness (QED) is 0.671. The van der Waals surface area contributed by atoms with Crippen LogP contribution in [0.4, 0.5) is 10.1 Å². The second-order valence-corrected chi connectivity index (χ2v) is 8.66. The first kappa shape index (κ1) is 21.4. The van der Waals surface area contributed by atoms with E-state index in [1.54, 1.807) is 26.2 Å². The molecule has 5 rings (SSSR count). The van der Waals surface area contributed by atoms with Gasteiger partial charge < -0.3 is 14.8 Å². The number of imide groups is 1. The fourth-order valence-corrected chi connectivity index (χ4v) is 5.49. The molecule has 0 bridgehead atoms. The molecule has 2 aromatic carbocycles. The standard InChI is InChI=1S/C24H24FN3O5/c1-12-19-20(24(27-12)15-11-14(25)5-6-16(15)26-23(24)31)22(30)28(21(19)29)9-8-13-4-7-17(32-2)18(10-13)33-3/h4-7,10-12,19-20,27H,8-9H2,1-3H3,(H,26,31)/t12?,19-,20+,24?/m1/s1. The van der Waals surface area contributed by atoms with E-state index >= 15 is 0 Å². The Morgan fingerprint density at radius 1 is 1.03 bits per heavy atom. The summed E-state index contributed by atoms with van der Waals surface area (Å²) in [6.45, 7) is 1.95. The Bertz CT molecular complexity index is 1180. The van der Waals surface area contributed by atoms with E-state index < -0.39 is 41.0 Å². The molecule has 1 spiro atoms. The number of hydrogen-bond donors (Lipinski definition) is 2. The number of hydrogen-bond acceptors (Lipinski definition) is 6. The molecule has 4 atom stereocenters. The first-order valence-electron chi connectivity index (χ1n) is 10.8. The summed E-state index contributed by atoms with van der Waals surface area (Å²) in [5.74, 6) is -2.19. The number of anilines is 1. The molecular formula is C24H24FN3O5. The predicted octanol–water partition coefficient (Wildman–Crippen LogP) is 1.83. The third-order valence-electron chi connectivity index (χ3n) is 6.99. The van der Waals surface area contributed by atoms with Crippen molar-refractivity contribution in [3.05, 3.63) is 53.3 Å². The van der Waals surface area contributed by atoms with Gasteiger partial charge in [0.1, 0.15) is 11.4 Å². The van der Waals surface area contributed by atoms with Gasteiger partial charge in [-0.1, -0.05) is 6.07 Å². The number of carbonyl (C=O) groups excluding carboxylic acids is 3. The molecule has 0 saturated carbocycles. The average Bonchev–Trinajstić information content (AvgIpc) is 3.36. The van der Waals surface area contributed by atoms with Crippen LogP contribution in [0, 0.1) is 17.7 Å². The van der Waals surface area contributed by atoms with Gasteiger partial charge in [-0.25, -0.2) is 4.39 Å². The summed E-state index contributed by atoms with van der Waals surface area (Å²) in [5.41, 5.74) is 0.226. The number of nitrogens with zero attached hydrogens (tertiary/aromatic N) is 1. The van der Waals surface area contributed by atoms with Crippen LogP contribution in [0.1, 0.15) is 18.1 Å². The molecule has 33 heavy (non-hydrogen) atoms. The molecule has 3 amide bonds. The molecule has 9 heteroatoms. The molecular weight excluding hydrogens is 429 g/mol. The Morgan fingerprint density at radius 3 is 2.52 bits per heavy atom. The molecule has 2 fully saturated rings. The third-order valence-corrected chi connectivity index (χ3v) is 6.99. The monoisotopic (exact) mass is 453 g/mol. The van der Waals surface area contributed by atoms with Gasteiger partial charge in [0.2, 0.25) is 17.7 Å². The normalized spacial score (nSPS) is 27.7. The van der Waals surface area contributed by atoms with Gasteiger partial charge in [-0.15, -0.1) is 0 Å². The number of halogens is 1. The predicted molar refractivity (Wildman–Crippen MR) is 116 cm³/mol. The number of rotatable bonds is 5. The topological polar surface area (TPSA) is 97.0 Å². The fraction of sp³-hybridized carbons (Fsp3) is 0.375. The lowest BCUT2D eigenvalue weighted by atomic mass is 9.76. The number of carbonyl (C=O) groups is 3. The fourth-order valence-electron chi connectivity index (χ4n) is 5.49. The Kier molecular flexibility index (Phi) is 4.89. The first-order valence-corrected chi connectivity index (χ1v) is 10.8. The summed E-state index contributed by atoms with van der Waals surface area (Å²) in [5, 5.41) is 5.92. The van der Waals surface area contributed by atoms with Crippen LogP contribution in [-0.2, 0) is 26.3 Å². The van der Waals surface area contributed by atoms with Crippen LogP contribution in [0.15, 0.2) is 36.4 Å². The minimum Gasteiger partial charge on any atom is -0.493 e. The van der Waals surface area contributed by atoms with E-state index in [1.165, 1.54) is 30.2 Å². The van der Waals surface area contributed by atoms with Crippen LogP contribution in [0.5, 0.6) is 11.5 Å². The van der Waals surface area contributed by atoms with Crippen molar-refractivity contribution in [1.82, 2.24) is 10.2 Å². The number of benzene rings is 2. The number of amides is 3. The van der Waals surface area contributed by atoms with Gasteiger partial charge in [-0.05, 0) is 49.2 Å². The second kappa shape index (κ2) is 7.55. The number of likely N-dealkylation sites (tertiary alicyclic amines) is 1. The van der Waals surface area contributed by atoms with Crippen LogP contribution in [0.3, 0.4) is 0 Å². The third kappa shape index (κ3) is 2.95. The summed E-state index contributed by atoms with van der Waals surface area (Å²) in [4.78, 5) is 41.2. The van der Waals surface area contributed by atoms with Gasteiger partial charge in [0, 0.05) is 23.8 Å². The van der Waals surface area contributed by atoms with E-state index in [0.717, 1.165) is 5.56 Å². The lowest BCUT2D eigenvalue weighted by Gasteiger charge is -2.29. The molecule has 2 N–H and O–H groups in total. The van der Waals surface area contributed by atoms with Crippen molar-refractivity contribution < 1.29 is 28.2 Å². The van der Waals surface area contributed by atoms with Crippen LogP contribution >= 0.6 is 0 Å². The number of methoxy groups -OCH3 is 2. The van der Waals surface area contributed by atoms with Crippen LogP contribution in [0.25, 0.3) is 0 Å².